The van der Waals surface area contributed by atoms with Gasteiger partial charge in [0, 0.05) is 22.8 Å². The van der Waals surface area contributed by atoms with Gasteiger partial charge in [0.15, 0.2) is 0 Å². The Morgan fingerprint density at radius 3 is 3.06 bits per heavy atom. The molecule has 0 unspecified atom stereocenters. The minimum atomic E-state index is -0.0828. The number of thiophene rings is 1. The van der Waals surface area contributed by atoms with Crippen LogP contribution in [-0.4, -0.2) is 10.9 Å². The van der Waals surface area contributed by atoms with Crippen molar-refractivity contribution in [2.75, 3.05) is 11.1 Å². The lowest BCUT2D eigenvalue weighted by Crippen LogP contribution is -2.14. The van der Waals surface area contributed by atoms with Crippen molar-refractivity contribution in [1.82, 2.24) is 4.98 Å². The second-order valence-corrected chi connectivity index (χ2v) is 4.31. The van der Waals surface area contributed by atoms with Gasteiger partial charge in [0.2, 0.25) is 5.91 Å². The molecule has 2 heterocycles. The number of anilines is 2. The lowest BCUT2D eigenvalue weighted by atomic mass is 10.3. The number of hydrogen-bond acceptors (Lipinski definition) is 4. The summed E-state index contributed by atoms with van der Waals surface area (Å²) in [5.74, 6) is 0.405. The van der Waals surface area contributed by atoms with E-state index in [9.17, 15) is 4.79 Å². The summed E-state index contributed by atoms with van der Waals surface area (Å²) in [5.41, 5.74) is 6.17. The second kappa shape index (κ2) is 4.76. The first-order valence-electron chi connectivity index (χ1n) is 4.78. The van der Waals surface area contributed by atoms with Crippen LogP contribution in [-0.2, 0) is 11.2 Å². The van der Waals surface area contributed by atoms with Gasteiger partial charge in [-0.05, 0) is 17.5 Å². The molecule has 0 atom stereocenters. The molecule has 4 nitrogen and oxygen atoms in total. The van der Waals surface area contributed by atoms with Crippen LogP contribution in [0.25, 0.3) is 0 Å². The molecule has 0 bridgehead atoms. The molecule has 82 valence electrons. The molecule has 0 saturated carbocycles. The van der Waals surface area contributed by atoms with Gasteiger partial charge < -0.3 is 11.1 Å². The molecule has 1 amide bonds. The van der Waals surface area contributed by atoms with Crippen LogP contribution in [0.2, 0.25) is 0 Å². The van der Waals surface area contributed by atoms with E-state index in [0.29, 0.717) is 17.9 Å². The second-order valence-electron chi connectivity index (χ2n) is 3.28. The van der Waals surface area contributed by atoms with E-state index in [1.165, 1.54) is 0 Å². The number of aromatic nitrogens is 1. The van der Waals surface area contributed by atoms with Gasteiger partial charge in [-0.15, -0.1) is 11.3 Å². The molecule has 0 radical (unpaired) electrons. The van der Waals surface area contributed by atoms with E-state index in [1.54, 1.807) is 29.7 Å². The summed E-state index contributed by atoms with van der Waals surface area (Å²) >= 11 is 1.56. The van der Waals surface area contributed by atoms with Gasteiger partial charge in [0.05, 0.1) is 6.42 Å². The number of pyridine rings is 1. The van der Waals surface area contributed by atoms with Crippen LogP contribution in [0.5, 0.6) is 0 Å². The van der Waals surface area contributed by atoms with Gasteiger partial charge in [-0.25, -0.2) is 4.98 Å². The summed E-state index contributed by atoms with van der Waals surface area (Å²) in [4.78, 5) is 16.6. The molecule has 0 aliphatic carbocycles. The first-order valence-corrected chi connectivity index (χ1v) is 5.66. The maximum atomic E-state index is 11.6. The van der Waals surface area contributed by atoms with E-state index in [-0.39, 0.29) is 5.91 Å². The topological polar surface area (TPSA) is 68.0 Å². The molecule has 0 aliphatic heterocycles. The van der Waals surface area contributed by atoms with Crippen LogP contribution in [0, 0.1) is 0 Å². The van der Waals surface area contributed by atoms with E-state index >= 15 is 0 Å². The molecule has 2 aromatic heterocycles. The summed E-state index contributed by atoms with van der Waals surface area (Å²) < 4.78 is 0. The Balaban J connectivity index is 1.97. The lowest BCUT2D eigenvalue weighted by Gasteiger charge is -2.03. The van der Waals surface area contributed by atoms with Crippen LogP contribution >= 0.6 is 11.3 Å². The number of nitrogens with zero attached hydrogens (tertiary/aromatic N) is 1. The Hall–Kier alpha value is -1.88. The Bertz CT molecular complexity index is 482. The van der Waals surface area contributed by atoms with Crippen molar-refractivity contribution in [3.8, 4) is 0 Å². The fraction of sp³-hybridized carbons (Fsp3) is 0.0909. The Labute approximate surface area is 97.1 Å². The number of hydrogen-bond donors (Lipinski definition) is 2. The van der Waals surface area contributed by atoms with Gasteiger partial charge in [-0.1, -0.05) is 6.07 Å². The van der Waals surface area contributed by atoms with Crippen molar-refractivity contribution in [2.45, 2.75) is 6.42 Å². The zero-order valence-corrected chi connectivity index (χ0v) is 9.33. The molecule has 5 heteroatoms. The summed E-state index contributed by atoms with van der Waals surface area (Å²) in [6.07, 6.45) is 1.93. The minimum absolute atomic E-state index is 0.0828. The normalized spacial score (nSPS) is 10.0. The maximum Gasteiger partial charge on any atom is 0.230 e. The highest BCUT2D eigenvalue weighted by molar-refractivity contribution is 7.10. The summed E-state index contributed by atoms with van der Waals surface area (Å²) in [7, 11) is 0. The third-order valence-corrected chi connectivity index (χ3v) is 2.84. The van der Waals surface area contributed by atoms with Crippen molar-refractivity contribution in [3.05, 3.63) is 40.7 Å². The number of nitrogen functional groups attached to an aromatic ring is 1. The molecule has 2 rings (SSSR count). The molecule has 16 heavy (non-hydrogen) atoms. The monoisotopic (exact) mass is 233 g/mol. The van der Waals surface area contributed by atoms with Gasteiger partial charge in [0.25, 0.3) is 0 Å². The van der Waals surface area contributed by atoms with Gasteiger partial charge in [0.1, 0.15) is 5.82 Å². The van der Waals surface area contributed by atoms with Crippen LogP contribution in [0.4, 0.5) is 11.5 Å². The van der Waals surface area contributed by atoms with Crippen molar-refractivity contribution in [2.24, 2.45) is 0 Å². The average molecular weight is 233 g/mol. The smallest absolute Gasteiger partial charge is 0.230 e. The zero-order chi connectivity index (χ0) is 11.4. The number of carbonyl (C=O) groups is 1. The predicted molar refractivity (Wildman–Crippen MR) is 65.3 cm³/mol. The van der Waals surface area contributed by atoms with Crippen molar-refractivity contribution in [1.29, 1.82) is 0 Å². The molecular weight excluding hydrogens is 222 g/mol. The minimum Gasteiger partial charge on any atom is -0.399 e. The molecule has 0 aliphatic rings. The highest BCUT2D eigenvalue weighted by Gasteiger charge is 2.05. The summed E-state index contributed by atoms with van der Waals surface area (Å²) in [6.45, 7) is 0. The van der Waals surface area contributed by atoms with Crippen molar-refractivity contribution < 1.29 is 4.79 Å². The predicted octanol–water partition coefficient (Wildman–Crippen LogP) is 1.91. The Morgan fingerprint density at radius 2 is 2.38 bits per heavy atom. The molecule has 2 aromatic rings. The molecule has 0 fully saturated rings. The van der Waals surface area contributed by atoms with E-state index < -0.39 is 0 Å². The number of nitrogens with two attached hydrogens (primary N) is 1. The van der Waals surface area contributed by atoms with Crippen LogP contribution in [0.15, 0.2) is 35.8 Å². The number of carbonyl (C=O) groups excluding carboxylic acids is 1. The van der Waals surface area contributed by atoms with Crippen LogP contribution in [0.1, 0.15) is 4.88 Å². The van der Waals surface area contributed by atoms with E-state index in [4.69, 9.17) is 5.73 Å². The third kappa shape index (κ3) is 2.80. The Kier molecular flexibility index (Phi) is 3.16. The third-order valence-electron chi connectivity index (χ3n) is 1.97. The quantitative estimate of drug-likeness (QED) is 0.850. The summed E-state index contributed by atoms with van der Waals surface area (Å²) in [5, 5.41) is 4.64. The Morgan fingerprint density at radius 1 is 1.50 bits per heavy atom. The maximum absolute atomic E-state index is 11.6. The van der Waals surface area contributed by atoms with E-state index in [1.807, 2.05) is 17.5 Å². The largest absolute Gasteiger partial charge is 0.399 e. The van der Waals surface area contributed by atoms with E-state index in [0.717, 1.165) is 4.88 Å². The highest BCUT2D eigenvalue weighted by Crippen LogP contribution is 2.11. The number of amides is 1. The molecule has 0 spiro atoms. The first kappa shape index (κ1) is 10.6. The van der Waals surface area contributed by atoms with Gasteiger partial charge in [-0.3, -0.25) is 4.79 Å². The van der Waals surface area contributed by atoms with Gasteiger partial charge >= 0.3 is 0 Å². The lowest BCUT2D eigenvalue weighted by molar-refractivity contribution is -0.115. The SMILES string of the molecule is Nc1ccnc(NC(=O)Cc2cccs2)c1. The molecule has 0 aromatic carbocycles. The van der Waals surface area contributed by atoms with Crippen LogP contribution in [0.3, 0.4) is 0 Å². The standard InChI is InChI=1S/C11H11N3OS/c12-8-3-4-13-10(6-8)14-11(15)7-9-2-1-5-16-9/h1-6H,7H2,(H3,12,13,14,15). The zero-order valence-electron chi connectivity index (χ0n) is 8.51. The summed E-state index contributed by atoms with van der Waals surface area (Å²) in [6, 6.07) is 7.16. The average Bonchev–Trinajstić information content (AvgIpc) is 2.70. The van der Waals surface area contributed by atoms with Crippen LogP contribution < -0.4 is 11.1 Å². The van der Waals surface area contributed by atoms with E-state index in [2.05, 4.69) is 10.3 Å². The number of nitrogens with one attached hydrogen (secondary N) is 1. The molecular formula is C11H11N3OS. The first-order chi connectivity index (χ1) is 7.74. The number of rotatable bonds is 3. The van der Waals surface area contributed by atoms with Gasteiger partial charge in [-0.2, -0.15) is 0 Å². The molecule has 3 N–H and O–H groups in total. The molecule has 0 saturated heterocycles. The van der Waals surface area contributed by atoms with Crippen molar-refractivity contribution in [3.63, 3.8) is 0 Å². The fourth-order valence-electron chi connectivity index (χ4n) is 1.27. The van der Waals surface area contributed by atoms with Crippen molar-refractivity contribution >= 4 is 28.7 Å². The highest BCUT2D eigenvalue weighted by atomic mass is 32.1. The fourth-order valence-corrected chi connectivity index (χ4v) is 1.98.